The van der Waals surface area contributed by atoms with Crippen LogP contribution < -0.4 is 0 Å². The van der Waals surface area contributed by atoms with Gasteiger partial charge in [-0.05, 0) is 50.0 Å². The van der Waals surface area contributed by atoms with Crippen molar-refractivity contribution in [3.05, 3.63) is 34.9 Å². The van der Waals surface area contributed by atoms with Gasteiger partial charge in [-0.3, -0.25) is 4.79 Å². The Labute approximate surface area is 139 Å². The number of amides is 1. The first-order chi connectivity index (χ1) is 10.5. The number of carbonyl (C=O) groups excluding carboxylic acids is 1. The van der Waals surface area contributed by atoms with E-state index in [1.165, 1.54) is 19.3 Å². The molecule has 1 amide bonds. The Kier molecular flexibility index (Phi) is 6.27. The molecule has 0 aromatic heterocycles. The van der Waals surface area contributed by atoms with Gasteiger partial charge < -0.3 is 9.80 Å². The summed E-state index contributed by atoms with van der Waals surface area (Å²) in [6.07, 6.45) is 3.88. The lowest BCUT2D eigenvalue weighted by Crippen LogP contribution is -2.48. The quantitative estimate of drug-likeness (QED) is 0.820. The predicted molar refractivity (Wildman–Crippen MR) is 92.5 cm³/mol. The number of likely N-dealkylation sites (tertiary alicyclic amines) is 1. The molecule has 1 saturated heterocycles. The van der Waals surface area contributed by atoms with Gasteiger partial charge in [-0.2, -0.15) is 0 Å². The highest BCUT2D eigenvalue weighted by molar-refractivity contribution is 6.30. The largest absolute Gasteiger partial charge is 0.337 e. The summed E-state index contributed by atoms with van der Waals surface area (Å²) < 4.78 is 0. The van der Waals surface area contributed by atoms with Crippen LogP contribution >= 0.6 is 11.6 Å². The molecule has 0 N–H and O–H groups in total. The number of rotatable bonds is 5. The van der Waals surface area contributed by atoms with Gasteiger partial charge in [0.05, 0.1) is 0 Å². The molecule has 1 unspecified atom stereocenters. The van der Waals surface area contributed by atoms with E-state index < -0.39 is 0 Å². The first-order valence-electron chi connectivity index (χ1n) is 8.24. The van der Waals surface area contributed by atoms with Crippen LogP contribution in [0.4, 0.5) is 0 Å². The van der Waals surface area contributed by atoms with Crippen LogP contribution in [-0.4, -0.2) is 48.4 Å². The minimum Gasteiger partial charge on any atom is -0.337 e. The van der Waals surface area contributed by atoms with Gasteiger partial charge in [0.15, 0.2) is 0 Å². The molecule has 0 spiro atoms. The number of hydrogen-bond donors (Lipinski definition) is 0. The Morgan fingerprint density at radius 2 is 1.95 bits per heavy atom. The van der Waals surface area contributed by atoms with Crippen molar-refractivity contribution in [1.82, 2.24) is 9.80 Å². The van der Waals surface area contributed by atoms with E-state index >= 15 is 0 Å². The van der Waals surface area contributed by atoms with Crippen molar-refractivity contribution in [2.24, 2.45) is 5.92 Å². The van der Waals surface area contributed by atoms with Crippen LogP contribution in [0.2, 0.25) is 5.02 Å². The lowest BCUT2D eigenvalue weighted by molar-refractivity contribution is 0.0611. The Hall–Kier alpha value is -1.06. The van der Waals surface area contributed by atoms with Gasteiger partial charge in [0.1, 0.15) is 0 Å². The zero-order valence-electron chi connectivity index (χ0n) is 13.9. The summed E-state index contributed by atoms with van der Waals surface area (Å²) in [7, 11) is 1.91. The number of piperidine rings is 1. The van der Waals surface area contributed by atoms with E-state index in [2.05, 4.69) is 18.7 Å². The van der Waals surface area contributed by atoms with Gasteiger partial charge in [0.2, 0.25) is 0 Å². The molecule has 1 aromatic rings. The van der Waals surface area contributed by atoms with Crippen LogP contribution in [0.1, 0.15) is 43.5 Å². The second-order valence-corrected chi connectivity index (χ2v) is 7.04. The van der Waals surface area contributed by atoms with Crippen LogP contribution in [0.5, 0.6) is 0 Å². The van der Waals surface area contributed by atoms with Crippen molar-refractivity contribution in [1.29, 1.82) is 0 Å². The van der Waals surface area contributed by atoms with E-state index in [0.717, 1.165) is 19.6 Å². The molecule has 1 aliphatic rings. The zero-order chi connectivity index (χ0) is 16.1. The molecule has 0 aliphatic carbocycles. The number of benzene rings is 1. The Morgan fingerprint density at radius 3 is 2.55 bits per heavy atom. The van der Waals surface area contributed by atoms with E-state index in [1.54, 1.807) is 12.1 Å². The number of likely N-dealkylation sites (N-methyl/N-ethyl adjacent to an activating group) is 1. The number of nitrogens with zero attached hydrogens (tertiary/aromatic N) is 2. The summed E-state index contributed by atoms with van der Waals surface area (Å²) in [6.45, 7) is 7.65. The summed E-state index contributed by atoms with van der Waals surface area (Å²) in [5, 5.41) is 0.608. The first kappa shape index (κ1) is 17.3. The van der Waals surface area contributed by atoms with Crippen molar-refractivity contribution in [3.63, 3.8) is 0 Å². The minimum absolute atomic E-state index is 0.0539. The molecular formula is C18H27ClN2O. The standard InChI is InChI=1S/C18H27ClN2O/c1-14(2)17(13-21-10-5-4-6-11-21)20(3)18(22)15-8-7-9-16(19)12-15/h7-9,12,14,17H,4-6,10-11,13H2,1-3H3. The summed E-state index contributed by atoms with van der Waals surface area (Å²) in [5.41, 5.74) is 0.666. The molecule has 122 valence electrons. The summed E-state index contributed by atoms with van der Waals surface area (Å²) in [5.74, 6) is 0.480. The number of halogens is 1. The highest BCUT2D eigenvalue weighted by atomic mass is 35.5. The van der Waals surface area contributed by atoms with Crippen molar-refractivity contribution >= 4 is 17.5 Å². The molecule has 3 nitrogen and oxygen atoms in total. The molecule has 1 aromatic carbocycles. The fourth-order valence-corrected chi connectivity index (χ4v) is 3.35. The third-order valence-electron chi connectivity index (χ3n) is 4.55. The average Bonchev–Trinajstić information content (AvgIpc) is 2.52. The third kappa shape index (κ3) is 4.47. The molecule has 0 saturated carbocycles. The van der Waals surface area contributed by atoms with E-state index in [0.29, 0.717) is 16.5 Å². The fraction of sp³-hybridized carbons (Fsp3) is 0.611. The maximum Gasteiger partial charge on any atom is 0.253 e. The monoisotopic (exact) mass is 322 g/mol. The van der Waals surface area contributed by atoms with Gasteiger partial charge in [0, 0.05) is 30.2 Å². The molecule has 2 rings (SSSR count). The van der Waals surface area contributed by atoms with Crippen molar-refractivity contribution < 1.29 is 4.79 Å². The fourth-order valence-electron chi connectivity index (χ4n) is 3.16. The maximum absolute atomic E-state index is 12.7. The topological polar surface area (TPSA) is 23.6 Å². The molecule has 0 bridgehead atoms. The summed E-state index contributed by atoms with van der Waals surface area (Å²) >= 11 is 6.01. The summed E-state index contributed by atoms with van der Waals surface area (Å²) in [4.78, 5) is 17.1. The highest BCUT2D eigenvalue weighted by Gasteiger charge is 2.26. The molecular weight excluding hydrogens is 296 g/mol. The second kappa shape index (κ2) is 7.98. The first-order valence-corrected chi connectivity index (χ1v) is 8.62. The number of carbonyl (C=O) groups is 1. The molecule has 4 heteroatoms. The van der Waals surface area contributed by atoms with Crippen molar-refractivity contribution in [2.75, 3.05) is 26.7 Å². The lowest BCUT2D eigenvalue weighted by atomic mass is 10.00. The van der Waals surface area contributed by atoms with Gasteiger partial charge >= 0.3 is 0 Å². The van der Waals surface area contributed by atoms with Gasteiger partial charge in [-0.15, -0.1) is 0 Å². The second-order valence-electron chi connectivity index (χ2n) is 6.60. The van der Waals surface area contributed by atoms with Crippen molar-refractivity contribution in [3.8, 4) is 0 Å². The molecule has 1 atom stereocenters. The van der Waals surface area contributed by atoms with E-state index in [9.17, 15) is 4.79 Å². The Balaban J connectivity index is 2.08. The van der Waals surface area contributed by atoms with Gasteiger partial charge in [-0.1, -0.05) is 37.9 Å². The van der Waals surface area contributed by atoms with E-state index in [1.807, 2.05) is 24.1 Å². The molecule has 22 heavy (non-hydrogen) atoms. The van der Waals surface area contributed by atoms with E-state index in [-0.39, 0.29) is 11.9 Å². The normalized spacial score (nSPS) is 17.5. The lowest BCUT2D eigenvalue weighted by Gasteiger charge is -2.37. The maximum atomic E-state index is 12.7. The Morgan fingerprint density at radius 1 is 1.27 bits per heavy atom. The molecule has 1 heterocycles. The van der Waals surface area contributed by atoms with Crippen LogP contribution in [-0.2, 0) is 0 Å². The molecule has 1 aliphatic heterocycles. The molecule has 1 fully saturated rings. The van der Waals surface area contributed by atoms with Crippen LogP contribution in [0.25, 0.3) is 0 Å². The number of hydrogen-bond acceptors (Lipinski definition) is 2. The predicted octanol–water partition coefficient (Wildman–Crippen LogP) is 3.92. The zero-order valence-corrected chi connectivity index (χ0v) is 14.6. The average molecular weight is 323 g/mol. The third-order valence-corrected chi connectivity index (χ3v) is 4.79. The smallest absolute Gasteiger partial charge is 0.253 e. The Bertz CT molecular complexity index is 498. The van der Waals surface area contributed by atoms with Crippen LogP contribution in [0, 0.1) is 5.92 Å². The highest BCUT2D eigenvalue weighted by Crippen LogP contribution is 2.19. The van der Waals surface area contributed by atoms with E-state index in [4.69, 9.17) is 11.6 Å². The summed E-state index contributed by atoms with van der Waals surface area (Å²) in [6, 6.07) is 7.44. The molecule has 0 radical (unpaired) electrons. The van der Waals surface area contributed by atoms with Crippen LogP contribution in [0.3, 0.4) is 0 Å². The minimum atomic E-state index is 0.0539. The van der Waals surface area contributed by atoms with Crippen LogP contribution in [0.15, 0.2) is 24.3 Å². The van der Waals surface area contributed by atoms with Crippen molar-refractivity contribution in [2.45, 2.75) is 39.2 Å². The van der Waals surface area contributed by atoms with Gasteiger partial charge in [0.25, 0.3) is 5.91 Å². The van der Waals surface area contributed by atoms with Gasteiger partial charge in [-0.25, -0.2) is 0 Å². The SMILES string of the molecule is CC(C)C(CN1CCCCC1)N(C)C(=O)c1cccc(Cl)c1.